The maximum atomic E-state index is 6.10. The number of nitrogens with two attached hydrogens (primary N) is 1. The van der Waals surface area contributed by atoms with Gasteiger partial charge in [-0.1, -0.05) is 12.8 Å². The first-order valence-electron chi connectivity index (χ1n) is 7.14. The molecule has 1 aromatic heterocycles. The molecule has 0 aromatic carbocycles. The van der Waals surface area contributed by atoms with Gasteiger partial charge in [-0.25, -0.2) is 4.98 Å². The summed E-state index contributed by atoms with van der Waals surface area (Å²) in [6, 6.07) is 0. The third-order valence-corrected chi connectivity index (χ3v) is 5.05. The third-order valence-electron chi connectivity index (χ3n) is 4.88. The van der Waals surface area contributed by atoms with Crippen LogP contribution in [0.25, 0.3) is 0 Å². The van der Waals surface area contributed by atoms with Gasteiger partial charge in [0.25, 0.3) is 0 Å². The van der Waals surface area contributed by atoms with Gasteiger partial charge in [0, 0.05) is 13.1 Å². The largest absolute Gasteiger partial charge is 0.394 e. The molecule has 2 fully saturated rings. The lowest BCUT2D eigenvalue weighted by molar-refractivity contribution is 0.226. The molecule has 2 heterocycles. The molecule has 104 valence electrons. The Kier molecular flexibility index (Phi) is 3.29. The monoisotopic (exact) mass is 280 g/mol. The lowest BCUT2D eigenvalue weighted by atomic mass is 9.77. The van der Waals surface area contributed by atoms with E-state index in [2.05, 4.69) is 14.9 Å². The van der Waals surface area contributed by atoms with Crippen molar-refractivity contribution in [1.29, 1.82) is 0 Å². The maximum Gasteiger partial charge on any atom is 0.224 e. The van der Waals surface area contributed by atoms with Crippen LogP contribution in [-0.4, -0.2) is 23.1 Å². The van der Waals surface area contributed by atoms with E-state index in [-0.39, 0.29) is 0 Å². The zero-order chi connectivity index (χ0) is 13.5. The van der Waals surface area contributed by atoms with Crippen LogP contribution in [-0.2, 0) is 0 Å². The summed E-state index contributed by atoms with van der Waals surface area (Å²) in [6.07, 6.45) is 8.13. The second-order valence-corrected chi connectivity index (χ2v) is 6.35. The van der Waals surface area contributed by atoms with Gasteiger partial charge < -0.3 is 10.6 Å². The molecule has 1 aromatic rings. The minimum Gasteiger partial charge on any atom is -0.394 e. The molecule has 1 aliphatic heterocycles. The Morgan fingerprint density at radius 2 is 1.74 bits per heavy atom. The number of piperidine rings is 1. The van der Waals surface area contributed by atoms with Gasteiger partial charge >= 0.3 is 0 Å². The van der Waals surface area contributed by atoms with Crippen LogP contribution in [0.2, 0.25) is 5.28 Å². The summed E-state index contributed by atoms with van der Waals surface area (Å²) in [5, 5.41) is 0.294. The lowest BCUT2D eigenvalue weighted by Crippen LogP contribution is -2.39. The number of nitrogen functional groups attached to an aromatic ring is 1. The van der Waals surface area contributed by atoms with E-state index in [1.807, 2.05) is 6.92 Å². The number of aryl methyl sites for hydroxylation is 1. The van der Waals surface area contributed by atoms with Crippen molar-refractivity contribution in [2.45, 2.75) is 45.4 Å². The van der Waals surface area contributed by atoms with Crippen molar-refractivity contribution < 1.29 is 0 Å². The standard InChI is InChI=1S/C14H21ClN4/c1-10-11(16)12(18-13(15)17-10)19-8-6-14(7-9-19)4-2-3-5-14/h2-9,16H2,1H3. The predicted octanol–water partition coefficient (Wildman–Crippen LogP) is 3.18. The fraction of sp³-hybridized carbons (Fsp3) is 0.714. The Balaban J connectivity index is 1.78. The van der Waals surface area contributed by atoms with E-state index in [4.69, 9.17) is 17.3 Å². The fourth-order valence-electron chi connectivity index (χ4n) is 3.59. The summed E-state index contributed by atoms with van der Waals surface area (Å²) in [5.74, 6) is 0.824. The highest BCUT2D eigenvalue weighted by Crippen LogP contribution is 2.46. The van der Waals surface area contributed by atoms with Gasteiger partial charge in [0.1, 0.15) is 0 Å². The summed E-state index contributed by atoms with van der Waals surface area (Å²) < 4.78 is 0. The number of anilines is 2. The van der Waals surface area contributed by atoms with Gasteiger partial charge in [-0.2, -0.15) is 4.98 Å². The zero-order valence-corrected chi connectivity index (χ0v) is 12.2. The Labute approximate surface area is 119 Å². The van der Waals surface area contributed by atoms with E-state index in [9.17, 15) is 0 Å². The first-order valence-corrected chi connectivity index (χ1v) is 7.52. The number of nitrogens with zero attached hydrogens (tertiary/aromatic N) is 3. The molecule has 4 nitrogen and oxygen atoms in total. The molecular weight excluding hydrogens is 260 g/mol. The summed E-state index contributed by atoms with van der Waals surface area (Å²) >= 11 is 5.96. The van der Waals surface area contributed by atoms with Gasteiger partial charge in [-0.05, 0) is 49.6 Å². The van der Waals surface area contributed by atoms with Crippen LogP contribution in [0, 0.1) is 12.3 Å². The van der Waals surface area contributed by atoms with E-state index in [1.165, 1.54) is 38.5 Å². The molecule has 0 atom stereocenters. The predicted molar refractivity (Wildman–Crippen MR) is 78.5 cm³/mol. The van der Waals surface area contributed by atoms with E-state index in [1.54, 1.807) is 0 Å². The molecule has 19 heavy (non-hydrogen) atoms. The first-order chi connectivity index (χ1) is 9.10. The van der Waals surface area contributed by atoms with E-state index >= 15 is 0 Å². The SMILES string of the molecule is Cc1nc(Cl)nc(N2CCC3(CCCC3)CC2)c1N. The van der Waals surface area contributed by atoms with Crippen molar-refractivity contribution in [2.75, 3.05) is 23.7 Å². The van der Waals surface area contributed by atoms with Crippen molar-refractivity contribution in [3.8, 4) is 0 Å². The first kappa shape index (κ1) is 13.0. The molecule has 3 rings (SSSR count). The van der Waals surface area contributed by atoms with Gasteiger partial charge in [0.05, 0.1) is 11.4 Å². The van der Waals surface area contributed by atoms with Crippen LogP contribution < -0.4 is 10.6 Å². The summed E-state index contributed by atoms with van der Waals surface area (Å²) in [7, 11) is 0. The molecule has 0 bridgehead atoms. The Morgan fingerprint density at radius 3 is 2.37 bits per heavy atom. The molecule has 5 heteroatoms. The molecule has 1 aliphatic carbocycles. The molecule has 0 amide bonds. The number of rotatable bonds is 1. The third kappa shape index (κ3) is 2.38. The minimum atomic E-state index is 0.294. The van der Waals surface area contributed by atoms with Crippen LogP contribution in [0.1, 0.15) is 44.2 Å². The lowest BCUT2D eigenvalue weighted by Gasteiger charge is -2.40. The van der Waals surface area contributed by atoms with E-state index in [0.29, 0.717) is 16.4 Å². The zero-order valence-electron chi connectivity index (χ0n) is 11.5. The molecular formula is C14H21ClN4. The molecule has 0 radical (unpaired) electrons. The minimum absolute atomic E-state index is 0.294. The average Bonchev–Trinajstić information content (AvgIpc) is 2.83. The Morgan fingerprint density at radius 1 is 1.11 bits per heavy atom. The molecule has 1 saturated heterocycles. The highest BCUT2D eigenvalue weighted by atomic mass is 35.5. The smallest absolute Gasteiger partial charge is 0.224 e. The number of hydrogen-bond acceptors (Lipinski definition) is 4. The fourth-order valence-corrected chi connectivity index (χ4v) is 3.80. The van der Waals surface area contributed by atoms with E-state index < -0.39 is 0 Å². The average molecular weight is 281 g/mol. The summed E-state index contributed by atoms with van der Waals surface area (Å²) in [5.41, 5.74) is 8.16. The normalized spacial score (nSPS) is 22.1. The number of halogens is 1. The van der Waals surface area contributed by atoms with Crippen molar-refractivity contribution in [2.24, 2.45) is 5.41 Å². The summed E-state index contributed by atoms with van der Waals surface area (Å²) in [6.45, 7) is 3.96. The number of hydrogen-bond donors (Lipinski definition) is 1. The van der Waals surface area contributed by atoms with Crippen molar-refractivity contribution in [1.82, 2.24) is 9.97 Å². The van der Waals surface area contributed by atoms with E-state index in [0.717, 1.165) is 24.6 Å². The summed E-state index contributed by atoms with van der Waals surface area (Å²) in [4.78, 5) is 10.7. The topological polar surface area (TPSA) is 55.0 Å². The van der Waals surface area contributed by atoms with Gasteiger partial charge in [-0.3, -0.25) is 0 Å². The van der Waals surface area contributed by atoms with Gasteiger partial charge in [0.15, 0.2) is 5.82 Å². The van der Waals surface area contributed by atoms with Crippen molar-refractivity contribution >= 4 is 23.1 Å². The Hall–Kier alpha value is -1.03. The highest BCUT2D eigenvalue weighted by Gasteiger charge is 2.37. The Bertz CT molecular complexity index is 473. The quantitative estimate of drug-likeness (QED) is 0.803. The molecule has 2 N–H and O–H groups in total. The van der Waals surface area contributed by atoms with Crippen LogP contribution in [0.3, 0.4) is 0 Å². The van der Waals surface area contributed by atoms with Crippen LogP contribution in [0.5, 0.6) is 0 Å². The van der Waals surface area contributed by atoms with Gasteiger partial charge in [-0.15, -0.1) is 0 Å². The number of aromatic nitrogens is 2. The molecule has 1 saturated carbocycles. The van der Waals surface area contributed by atoms with Crippen molar-refractivity contribution in [3.05, 3.63) is 11.0 Å². The molecule has 0 unspecified atom stereocenters. The molecule has 2 aliphatic rings. The second-order valence-electron chi connectivity index (χ2n) is 6.01. The maximum absolute atomic E-state index is 6.10. The van der Waals surface area contributed by atoms with Crippen LogP contribution >= 0.6 is 11.6 Å². The second kappa shape index (κ2) is 4.82. The van der Waals surface area contributed by atoms with Crippen LogP contribution in [0.4, 0.5) is 11.5 Å². The van der Waals surface area contributed by atoms with Crippen LogP contribution in [0.15, 0.2) is 0 Å². The highest BCUT2D eigenvalue weighted by molar-refractivity contribution is 6.28. The van der Waals surface area contributed by atoms with Crippen molar-refractivity contribution in [3.63, 3.8) is 0 Å². The molecule has 1 spiro atoms. The van der Waals surface area contributed by atoms with Gasteiger partial charge in [0.2, 0.25) is 5.28 Å².